The molecule has 0 bridgehead atoms. The molecule has 1 aromatic heterocycles. The van der Waals surface area contributed by atoms with Crippen LogP contribution in [-0.2, 0) is 0 Å². The molecule has 0 spiro atoms. The number of rotatable bonds is 2. The number of H-pyrrole nitrogens is 1. The van der Waals surface area contributed by atoms with Crippen molar-refractivity contribution in [1.82, 2.24) is 9.97 Å². The van der Waals surface area contributed by atoms with E-state index in [1.165, 1.54) is 0 Å². The Bertz CT molecular complexity index is 683. The highest BCUT2D eigenvalue weighted by molar-refractivity contribution is 9.10. The molecule has 2 aromatic carbocycles. The van der Waals surface area contributed by atoms with Crippen LogP contribution in [0.4, 0.5) is 5.95 Å². The van der Waals surface area contributed by atoms with E-state index < -0.39 is 0 Å². The van der Waals surface area contributed by atoms with Crippen LogP contribution >= 0.6 is 15.9 Å². The van der Waals surface area contributed by atoms with E-state index in [9.17, 15) is 0 Å². The second kappa shape index (κ2) is 4.74. The van der Waals surface area contributed by atoms with Gasteiger partial charge in [-0.15, -0.1) is 0 Å². The van der Waals surface area contributed by atoms with Crippen molar-refractivity contribution in [1.29, 1.82) is 0 Å². The topological polar surface area (TPSA) is 41.0 Å². The normalized spacial score (nSPS) is 11.4. The van der Waals surface area contributed by atoms with Gasteiger partial charge in [-0.1, -0.05) is 40.2 Å². The Morgan fingerprint density at radius 2 is 2.00 bits per heavy atom. The van der Waals surface area contributed by atoms with Crippen molar-refractivity contribution in [2.24, 2.45) is 4.99 Å². The molecule has 0 aliphatic rings. The molecule has 3 nitrogen and oxygen atoms in total. The smallest absolute Gasteiger partial charge is 0.227 e. The minimum Gasteiger partial charge on any atom is -0.322 e. The minimum atomic E-state index is 0.621. The third kappa shape index (κ3) is 2.33. The van der Waals surface area contributed by atoms with Crippen LogP contribution in [0.15, 0.2) is 58.0 Å². The second-order valence-electron chi connectivity index (χ2n) is 3.89. The fourth-order valence-corrected chi connectivity index (χ4v) is 2.14. The third-order valence-electron chi connectivity index (χ3n) is 2.56. The lowest BCUT2D eigenvalue weighted by Crippen LogP contribution is -1.79. The maximum atomic E-state index is 4.39. The van der Waals surface area contributed by atoms with E-state index in [2.05, 4.69) is 30.9 Å². The number of halogens is 1. The fraction of sp³-hybridized carbons (Fsp3) is 0. The van der Waals surface area contributed by atoms with Crippen molar-refractivity contribution in [3.8, 4) is 0 Å². The molecule has 0 aliphatic carbocycles. The molecular weight excluding hydrogens is 290 g/mol. The van der Waals surface area contributed by atoms with Gasteiger partial charge in [0.05, 0.1) is 11.0 Å². The van der Waals surface area contributed by atoms with Crippen molar-refractivity contribution < 1.29 is 0 Å². The average Bonchev–Trinajstić information content (AvgIpc) is 2.79. The lowest BCUT2D eigenvalue weighted by atomic mass is 10.2. The summed E-state index contributed by atoms with van der Waals surface area (Å²) in [5.41, 5.74) is 2.96. The first-order chi connectivity index (χ1) is 8.81. The maximum Gasteiger partial charge on any atom is 0.227 e. The van der Waals surface area contributed by atoms with Crippen molar-refractivity contribution in [2.75, 3.05) is 0 Å². The summed E-state index contributed by atoms with van der Waals surface area (Å²) >= 11 is 3.43. The summed E-state index contributed by atoms with van der Waals surface area (Å²) in [5.74, 6) is 0.621. The molecule has 4 heteroatoms. The van der Waals surface area contributed by atoms with Crippen LogP contribution < -0.4 is 0 Å². The molecule has 0 radical (unpaired) electrons. The van der Waals surface area contributed by atoms with Gasteiger partial charge in [0, 0.05) is 10.7 Å². The first-order valence-electron chi connectivity index (χ1n) is 5.56. The van der Waals surface area contributed by atoms with E-state index in [-0.39, 0.29) is 0 Å². The molecular formula is C14H10BrN3. The quantitative estimate of drug-likeness (QED) is 0.712. The molecule has 0 saturated carbocycles. The Morgan fingerprint density at radius 3 is 2.83 bits per heavy atom. The molecule has 3 rings (SSSR count). The summed E-state index contributed by atoms with van der Waals surface area (Å²) in [6.07, 6.45) is 1.79. The Morgan fingerprint density at radius 1 is 1.11 bits per heavy atom. The summed E-state index contributed by atoms with van der Waals surface area (Å²) in [4.78, 5) is 11.9. The number of fused-ring (bicyclic) bond motifs is 1. The standard InChI is InChI=1S/C14H10BrN3/c15-11-5-3-4-10(8-11)9-16-14-17-12-6-1-2-7-13(12)18-14/h1-9H,(H,17,18)/b16-9+. The van der Waals surface area contributed by atoms with E-state index >= 15 is 0 Å². The number of hydrogen-bond acceptors (Lipinski definition) is 2. The van der Waals surface area contributed by atoms with E-state index in [4.69, 9.17) is 0 Å². The summed E-state index contributed by atoms with van der Waals surface area (Å²) in [5, 5.41) is 0. The maximum absolute atomic E-state index is 4.39. The van der Waals surface area contributed by atoms with Crippen LogP contribution in [-0.4, -0.2) is 16.2 Å². The minimum absolute atomic E-state index is 0.621. The predicted molar refractivity (Wildman–Crippen MR) is 77.5 cm³/mol. The molecule has 1 heterocycles. The molecule has 0 atom stereocenters. The zero-order chi connectivity index (χ0) is 12.4. The second-order valence-corrected chi connectivity index (χ2v) is 4.81. The van der Waals surface area contributed by atoms with Gasteiger partial charge in [0.2, 0.25) is 5.95 Å². The number of aromatic amines is 1. The Labute approximate surface area is 113 Å². The Hall–Kier alpha value is -1.94. The number of para-hydroxylation sites is 2. The van der Waals surface area contributed by atoms with E-state index in [1.807, 2.05) is 48.5 Å². The highest BCUT2D eigenvalue weighted by atomic mass is 79.9. The fourth-order valence-electron chi connectivity index (χ4n) is 1.72. The zero-order valence-electron chi connectivity index (χ0n) is 9.47. The number of nitrogens with zero attached hydrogens (tertiary/aromatic N) is 2. The summed E-state index contributed by atoms with van der Waals surface area (Å²) < 4.78 is 1.04. The van der Waals surface area contributed by atoms with Gasteiger partial charge in [-0.2, -0.15) is 0 Å². The molecule has 0 saturated heterocycles. The zero-order valence-corrected chi connectivity index (χ0v) is 11.1. The number of aromatic nitrogens is 2. The monoisotopic (exact) mass is 299 g/mol. The number of aliphatic imine (C=N–C) groups is 1. The van der Waals surface area contributed by atoms with Crippen LogP contribution in [0.1, 0.15) is 5.56 Å². The molecule has 0 fully saturated rings. The number of imidazole rings is 1. The Balaban J connectivity index is 1.92. The SMILES string of the molecule is Brc1cccc(/C=N/c2nc3ccccc3[nH]2)c1. The first kappa shape index (κ1) is 11.2. The van der Waals surface area contributed by atoms with Crippen LogP contribution in [0, 0.1) is 0 Å². The molecule has 1 N–H and O–H groups in total. The lowest BCUT2D eigenvalue weighted by Gasteiger charge is -1.92. The van der Waals surface area contributed by atoms with Crippen molar-refractivity contribution >= 4 is 39.1 Å². The molecule has 0 aliphatic heterocycles. The highest BCUT2D eigenvalue weighted by Crippen LogP contribution is 2.16. The largest absolute Gasteiger partial charge is 0.322 e. The van der Waals surface area contributed by atoms with Gasteiger partial charge in [-0.3, -0.25) is 0 Å². The molecule has 0 unspecified atom stereocenters. The van der Waals surface area contributed by atoms with Gasteiger partial charge in [0.25, 0.3) is 0 Å². The van der Waals surface area contributed by atoms with E-state index in [0.29, 0.717) is 5.95 Å². The Kier molecular flexibility index (Phi) is 2.94. The van der Waals surface area contributed by atoms with Gasteiger partial charge in [0.15, 0.2) is 0 Å². The van der Waals surface area contributed by atoms with Crippen LogP contribution in [0.2, 0.25) is 0 Å². The van der Waals surface area contributed by atoms with Crippen molar-refractivity contribution in [2.45, 2.75) is 0 Å². The van der Waals surface area contributed by atoms with Crippen LogP contribution in [0.3, 0.4) is 0 Å². The van der Waals surface area contributed by atoms with Gasteiger partial charge >= 0.3 is 0 Å². The number of benzene rings is 2. The predicted octanol–water partition coefficient (Wildman–Crippen LogP) is 4.08. The van der Waals surface area contributed by atoms with Crippen molar-refractivity contribution in [3.05, 3.63) is 58.6 Å². The van der Waals surface area contributed by atoms with Crippen LogP contribution in [0.25, 0.3) is 11.0 Å². The van der Waals surface area contributed by atoms with Gasteiger partial charge in [-0.25, -0.2) is 9.98 Å². The van der Waals surface area contributed by atoms with Gasteiger partial charge in [-0.05, 0) is 29.8 Å². The van der Waals surface area contributed by atoms with Crippen molar-refractivity contribution in [3.63, 3.8) is 0 Å². The summed E-state index contributed by atoms with van der Waals surface area (Å²) in [6.45, 7) is 0. The third-order valence-corrected chi connectivity index (χ3v) is 3.05. The number of hydrogen-bond donors (Lipinski definition) is 1. The average molecular weight is 300 g/mol. The summed E-state index contributed by atoms with van der Waals surface area (Å²) in [7, 11) is 0. The summed E-state index contributed by atoms with van der Waals surface area (Å²) in [6, 6.07) is 15.9. The van der Waals surface area contributed by atoms with E-state index in [1.54, 1.807) is 6.21 Å². The molecule has 3 aromatic rings. The van der Waals surface area contributed by atoms with Gasteiger partial charge in [0.1, 0.15) is 0 Å². The first-order valence-corrected chi connectivity index (χ1v) is 6.35. The molecule has 88 valence electrons. The highest BCUT2D eigenvalue weighted by Gasteiger charge is 1.98. The van der Waals surface area contributed by atoms with Gasteiger partial charge < -0.3 is 4.98 Å². The molecule has 0 amide bonds. The van der Waals surface area contributed by atoms with Crippen LogP contribution in [0.5, 0.6) is 0 Å². The van der Waals surface area contributed by atoms with E-state index in [0.717, 1.165) is 21.1 Å². The number of nitrogens with one attached hydrogen (secondary N) is 1. The lowest BCUT2D eigenvalue weighted by molar-refractivity contribution is 1.27. The molecule has 18 heavy (non-hydrogen) atoms.